The van der Waals surface area contributed by atoms with Gasteiger partial charge in [-0.2, -0.15) is 8.78 Å². The van der Waals surface area contributed by atoms with Crippen LogP contribution < -0.4 is 5.73 Å². The van der Waals surface area contributed by atoms with E-state index in [2.05, 4.69) is 0 Å². The number of rotatable bonds is 3. The molecule has 0 aromatic carbocycles. The summed E-state index contributed by atoms with van der Waals surface area (Å²) in [5, 5.41) is 0. The van der Waals surface area contributed by atoms with Gasteiger partial charge in [-0.25, -0.2) is 0 Å². The zero-order chi connectivity index (χ0) is 8.48. The van der Waals surface area contributed by atoms with Gasteiger partial charge in [-0.3, -0.25) is 4.79 Å². The van der Waals surface area contributed by atoms with Gasteiger partial charge in [0.15, 0.2) is 0 Å². The van der Waals surface area contributed by atoms with Crippen LogP contribution in [-0.2, 0) is 4.79 Å². The van der Waals surface area contributed by atoms with Crippen LogP contribution in [0.1, 0.15) is 19.3 Å². The summed E-state index contributed by atoms with van der Waals surface area (Å²) in [5.41, 5.74) is 4.75. The molecular weight excluding hydrogens is 152 g/mol. The first kappa shape index (κ1) is 8.59. The fourth-order valence-corrected chi connectivity index (χ4v) is 1.07. The molecular formula is C7H11F2NO. The quantitative estimate of drug-likeness (QED) is 0.673. The minimum absolute atomic E-state index is 0.423. The van der Waals surface area contributed by atoms with Gasteiger partial charge < -0.3 is 5.73 Å². The smallest absolute Gasteiger partial charge is 0.317 e. The van der Waals surface area contributed by atoms with E-state index >= 15 is 0 Å². The summed E-state index contributed by atoms with van der Waals surface area (Å²) in [7, 11) is 0. The summed E-state index contributed by atoms with van der Waals surface area (Å²) in [5.74, 6) is -4.68. The van der Waals surface area contributed by atoms with Crippen molar-refractivity contribution in [1.82, 2.24) is 0 Å². The molecule has 4 heteroatoms. The van der Waals surface area contributed by atoms with Crippen molar-refractivity contribution in [2.75, 3.05) is 6.54 Å². The first-order valence-corrected chi connectivity index (χ1v) is 3.70. The summed E-state index contributed by atoms with van der Waals surface area (Å²) in [4.78, 5) is 10.8. The van der Waals surface area contributed by atoms with Crippen molar-refractivity contribution in [3.63, 3.8) is 0 Å². The summed E-state index contributed by atoms with van der Waals surface area (Å²) in [6.45, 7) is -0.859. The summed E-state index contributed by atoms with van der Waals surface area (Å²) >= 11 is 0. The van der Waals surface area contributed by atoms with Crippen molar-refractivity contribution in [1.29, 1.82) is 0 Å². The molecule has 1 fully saturated rings. The Morgan fingerprint density at radius 2 is 2.09 bits per heavy atom. The van der Waals surface area contributed by atoms with E-state index < -0.39 is 24.2 Å². The first-order valence-electron chi connectivity index (χ1n) is 3.70. The molecule has 0 unspecified atom stereocenters. The second-order valence-corrected chi connectivity index (χ2v) is 2.90. The average Bonchev–Trinajstić information content (AvgIpc) is 1.84. The normalized spacial score (nSPS) is 19.5. The highest BCUT2D eigenvalue weighted by atomic mass is 19.3. The van der Waals surface area contributed by atoms with E-state index in [1.54, 1.807) is 0 Å². The van der Waals surface area contributed by atoms with E-state index in [-0.39, 0.29) is 0 Å². The van der Waals surface area contributed by atoms with Crippen molar-refractivity contribution in [2.24, 2.45) is 11.7 Å². The second kappa shape index (κ2) is 2.85. The lowest BCUT2D eigenvalue weighted by Crippen LogP contribution is -2.43. The molecule has 0 spiro atoms. The van der Waals surface area contributed by atoms with Crippen LogP contribution in [-0.4, -0.2) is 18.3 Å². The van der Waals surface area contributed by atoms with Crippen LogP contribution >= 0.6 is 0 Å². The molecule has 2 nitrogen and oxygen atoms in total. The molecule has 64 valence electrons. The van der Waals surface area contributed by atoms with Gasteiger partial charge in [0.05, 0.1) is 6.54 Å². The Morgan fingerprint density at radius 3 is 2.36 bits per heavy atom. The molecule has 0 radical (unpaired) electrons. The fraction of sp³-hybridized carbons (Fsp3) is 0.857. The Kier molecular flexibility index (Phi) is 2.23. The Balaban J connectivity index is 2.51. The van der Waals surface area contributed by atoms with E-state index in [1.165, 1.54) is 0 Å². The van der Waals surface area contributed by atoms with Gasteiger partial charge in [-0.1, -0.05) is 6.42 Å². The number of hydrogen-bond acceptors (Lipinski definition) is 2. The number of alkyl halides is 2. The Bertz CT molecular complexity index is 166. The summed E-state index contributed by atoms with van der Waals surface area (Å²) in [6, 6.07) is 0. The predicted molar refractivity (Wildman–Crippen MR) is 36.3 cm³/mol. The lowest BCUT2D eigenvalue weighted by atomic mass is 9.80. The number of carbonyl (C=O) groups excluding carboxylic acids is 1. The zero-order valence-corrected chi connectivity index (χ0v) is 6.15. The number of Topliss-reactive ketones (excluding diaryl/α,β-unsaturated/α-hetero) is 1. The van der Waals surface area contributed by atoms with Crippen LogP contribution in [0.3, 0.4) is 0 Å². The molecule has 1 saturated carbocycles. The third kappa shape index (κ3) is 1.56. The van der Waals surface area contributed by atoms with Crippen molar-refractivity contribution < 1.29 is 13.6 Å². The topological polar surface area (TPSA) is 43.1 Å². The standard InChI is InChI=1S/C7H11F2NO/c8-7(9,4-10)6(11)5-2-1-3-5/h5H,1-4,10H2. The minimum atomic E-state index is -3.29. The number of carbonyl (C=O) groups is 1. The number of hydrogen-bond donors (Lipinski definition) is 1. The van der Waals surface area contributed by atoms with Crippen LogP contribution in [0.5, 0.6) is 0 Å². The van der Waals surface area contributed by atoms with Crippen molar-refractivity contribution in [3.05, 3.63) is 0 Å². The molecule has 1 rings (SSSR count). The number of ketones is 1. The maximum Gasteiger partial charge on any atom is 0.317 e. The average molecular weight is 163 g/mol. The van der Waals surface area contributed by atoms with Crippen LogP contribution in [0.25, 0.3) is 0 Å². The molecule has 1 aliphatic rings. The molecule has 1 aliphatic carbocycles. The fourth-order valence-electron chi connectivity index (χ4n) is 1.07. The summed E-state index contributed by atoms with van der Waals surface area (Å²) < 4.78 is 25.1. The van der Waals surface area contributed by atoms with Gasteiger partial charge >= 0.3 is 5.92 Å². The van der Waals surface area contributed by atoms with Crippen LogP contribution in [0.4, 0.5) is 8.78 Å². The lowest BCUT2D eigenvalue weighted by molar-refractivity contribution is -0.148. The van der Waals surface area contributed by atoms with Gasteiger partial charge in [0, 0.05) is 5.92 Å². The van der Waals surface area contributed by atoms with E-state index in [4.69, 9.17) is 5.73 Å². The van der Waals surface area contributed by atoms with E-state index in [9.17, 15) is 13.6 Å². The molecule has 0 bridgehead atoms. The highest BCUT2D eigenvalue weighted by Gasteiger charge is 2.43. The second-order valence-electron chi connectivity index (χ2n) is 2.90. The molecule has 0 aromatic rings. The molecule has 0 aromatic heterocycles. The number of halogens is 2. The summed E-state index contributed by atoms with van der Waals surface area (Å²) in [6.07, 6.45) is 2.10. The van der Waals surface area contributed by atoms with Crippen LogP contribution in [0.2, 0.25) is 0 Å². The Hall–Kier alpha value is -0.510. The minimum Gasteiger partial charge on any atom is -0.325 e. The highest BCUT2D eigenvalue weighted by molar-refractivity contribution is 5.88. The molecule has 0 heterocycles. The molecule has 0 aliphatic heterocycles. The SMILES string of the molecule is NCC(F)(F)C(=O)C1CCC1. The highest BCUT2D eigenvalue weighted by Crippen LogP contribution is 2.32. The van der Waals surface area contributed by atoms with Crippen molar-refractivity contribution in [2.45, 2.75) is 25.2 Å². The molecule has 0 amide bonds. The maximum absolute atomic E-state index is 12.5. The van der Waals surface area contributed by atoms with E-state index in [0.29, 0.717) is 12.8 Å². The third-order valence-electron chi connectivity index (χ3n) is 2.09. The predicted octanol–water partition coefficient (Wildman–Crippen LogP) is 0.950. The third-order valence-corrected chi connectivity index (χ3v) is 2.09. The lowest BCUT2D eigenvalue weighted by Gasteiger charge is -2.27. The Morgan fingerprint density at radius 1 is 1.55 bits per heavy atom. The molecule has 0 saturated heterocycles. The van der Waals surface area contributed by atoms with Crippen LogP contribution in [0.15, 0.2) is 0 Å². The zero-order valence-electron chi connectivity index (χ0n) is 6.15. The Labute approximate surface area is 63.8 Å². The largest absolute Gasteiger partial charge is 0.325 e. The molecule has 0 atom stereocenters. The van der Waals surface area contributed by atoms with Gasteiger partial charge in [-0.15, -0.1) is 0 Å². The van der Waals surface area contributed by atoms with Crippen molar-refractivity contribution >= 4 is 5.78 Å². The monoisotopic (exact) mass is 163 g/mol. The maximum atomic E-state index is 12.5. The van der Waals surface area contributed by atoms with Gasteiger partial charge in [0.2, 0.25) is 5.78 Å². The van der Waals surface area contributed by atoms with E-state index in [0.717, 1.165) is 6.42 Å². The van der Waals surface area contributed by atoms with Gasteiger partial charge in [-0.05, 0) is 12.8 Å². The molecule has 2 N–H and O–H groups in total. The van der Waals surface area contributed by atoms with Crippen molar-refractivity contribution in [3.8, 4) is 0 Å². The van der Waals surface area contributed by atoms with Crippen LogP contribution in [0, 0.1) is 5.92 Å². The van der Waals surface area contributed by atoms with Gasteiger partial charge in [0.1, 0.15) is 0 Å². The van der Waals surface area contributed by atoms with E-state index in [1.807, 2.05) is 0 Å². The van der Waals surface area contributed by atoms with Gasteiger partial charge in [0.25, 0.3) is 0 Å². The first-order chi connectivity index (χ1) is 5.08. The molecule has 11 heavy (non-hydrogen) atoms. The number of nitrogens with two attached hydrogens (primary N) is 1.